The Hall–Kier alpha value is -2.41. The molecule has 108 valence electrons. The Bertz CT molecular complexity index is 698. The zero-order chi connectivity index (χ0) is 14.8. The van der Waals surface area contributed by atoms with E-state index in [0.29, 0.717) is 10.8 Å². The number of hydrogen-bond donors (Lipinski definition) is 3. The van der Waals surface area contributed by atoms with E-state index >= 15 is 0 Å². The maximum atomic E-state index is 12.2. The zero-order valence-corrected chi connectivity index (χ0v) is 12.2. The number of aromatic nitrogens is 1. The lowest BCUT2D eigenvalue weighted by Gasteiger charge is -2.26. The first-order chi connectivity index (χ1) is 10.2. The molecule has 3 rings (SSSR count). The number of amides is 2. The topological polar surface area (TPSA) is 83.1 Å². The van der Waals surface area contributed by atoms with E-state index in [2.05, 4.69) is 20.9 Å². The van der Waals surface area contributed by atoms with Gasteiger partial charge in [-0.2, -0.15) is 0 Å². The quantitative estimate of drug-likeness (QED) is 0.810. The van der Waals surface area contributed by atoms with Crippen LogP contribution in [0, 0.1) is 0 Å². The normalized spacial score (nSPS) is 16.8. The molecule has 7 heteroatoms. The number of thiazole rings is 1. The summed E-state index contributed by atoms with van der Waals surface area (Å²) in [6.07, 6.45) is 0.228. The number of rotatable bonds is 3. The van der Waals surface area contributed by atoms with Crippen LogP contribution in [0.15, 0.2) is 29.6 Å². The van der Waals surface area contributed by atoms with E-state index in [-0.39, 0.29) is 24.3 Å². The van der Waals surface area contributed by atoms with Gasteiger partial charge in [-0.25, -0.2) is 4.98 Å². The molecule has 1 aliphatic heterocycles. The Balaban J connectivity index is 1.81. The van der Waals surface area contributed by atoms with Crippen LogP contribution in [0.3, 0.4) is 0 Å². The van der Waals surface area contributed by atoms with E-state index in [1.165, 1.54) is 11.3 Å². The summed E-state index contributed by atoms with van der Waals surface area (Å²) >= 11 is 1.36. The van der Waals surface area contributed by atoms with Crippen molar-refractivity contribution in [1.82, 2.24) is 10.3 Å². The lowest BCUT2D eigenvalue weighted by molar-refractivity contribution is -0.116. The monoisotopic (exact) mass is 302 g/mol. The molecule has 6 nitrogen and oxygen atoms in total. The number of benzene rings is 1. The molecule has 2 aromatic rings. The molecule has 0 aliphatic carbocycles. The van der Waals surface area contributed by atoms with Crippen LogP contribution in [0.2, 0.25) is 0 Å². The fourth-order valence-electron chi connectivity index (χ4n) is 2.27. The molecule has 21 heavy (non-hydrogen) atoms. The molecule has 1 aliphatic rings. The minimum Gasteiger partial charge on any atom is -0.365 e. The number of fused-ring (bicyclic) bond motifs is 1. The lowest BCUT2D eigenvalue weighted by Crippen LogP contribution is -2.35. The van der Waals surface area contributed by atoms with Gasteiger partial charge in [-0.1, -0.05) is 18.2 Å². The number of carbonyl (C=O) groups is 2. The largest absolute Gasteiger partial charge is 0.365 e. The van der Waals surface area contributed by atoms with E-state index in [0.717, 1.165) is 11.3 Å². The second-order valence-electron chi connectivity index (χ2n) is 4.65. The summed E-state index contributed by atoms with van der Waals surface area (Å²) < 4.78 is 0. The highest BCUT2D eigenvalue weighted by atomic mass is 32.1. The lowest BCUT2D eigenvalue weighted by atomic mass is 9.97. The molecule has 0 radical (unpaired) electrons. The Morgan fingerprint density at radius 3 is 3.00 bits per heavy atom. The number of nitrogens with one attached hydrogen (secondary N) is 3. The number of carbonyl (C=O) groups excluding carboxylic acids is 2. The number of hydrogen-bond acceptors (Lipinski definition) is 5. The minimum absolute atomic E-state index is 0.104. The van der Waals surface area contributed by atoms with Crippen molar-refractivity contribution in [2.75, 3.05) is 17.7 Å². The smallest absolute Gasteiger partial charge is 0.271 e. The highest BCUT2D eigenvalue weighted by Gasteiger charge is 2.26. The molecule has 2 heterocycles. The van der Waals surface area contributed by atoms with Crippen LogP contribution in [-0.4, -0.2) is 23.8 Å². The Labute approximate surface area is 125 Å². The van der Waals surface area contributed by atoms with E-state index in [1.54, 1.807) is 12.4 Å². The van der Waals surface area contributed by atoms with E-state index in [4.69, 9.17) is 0 Å². The number of anilines is 2. The molecule has 3 N–H and O–H groups in total. The first-order valence-electron chi connectivity index (χ1n) is 6.50. The van der Waals surface area contributed by atoms with E-state index < -0.39 is 0 Å². The molecule has 0 fully saturated rings. The van der Waals surface area contributed by atoms with Gasteiger partial charge in [0.25, 0.3) is 5.91 Å². The van der Waals surface area contributed by atoms with Crippen molar-refractivity contribution in [2.24, 2.45) is 0 Å². The van der Waals surface area contributed by atoms with Gasteiger partial charge in [0.15, 0.2) is 5.13 Å². The van der Waals surface area contributed by atoms with Crippen molar-refractivity contribution in [3.8, 4) is 0 Å². The fraction of sp³-hybridized carbons (Fsp3) is 0.214. The molecule has 0 spiro atoms. The average Bonchev–Trinajstić information content (AvgIpc) is 2.96. The van der Waals surface area contributed by atoms with Gasteiger partial charge in [0.1, 0.15) is 5.69 Å². The zero-order valence-electron chi connectivity index (χ0n) is 11.3. The van der Waals surface area contributed by atoms with Crippen LogP contribution >= 0.6 is 11.3 Å². The van der Waals surface area contributed by atoms with Gasteiger partial charge in [0.05, 0.1) is 12.5 Å². The SMILES string of the molecule is CNc1nc(C(=O)N[C@H]2CC(=O)Nc3ccccc32)cs1. The molecule has 2 amide bonds. The average molecular weight is 302 g/mol. The van der Waals surface area contributed by atoms with Crippen LogP contribution in [0.5, 0.6) is 0 Å². The Morgan fingerprint density at radius 2 is 2.24 bits per heavy atom. The summed E-state index contributed by atoms with van der Waals surface area (Å²) in [6, 6.07) is 7.13. The third-order valence-electron chi connectivity index (χ3n) is 3.26. The maximum Gasteiger partial charge on any atom is 0.271 e. The van der Waals surface area contributed by atoms with Crippen LogP contribution in [0.4, 0.5) is 10.8 Å². The van der Waals surface area contributed by atoms with Gasteiger partial charge in [0.2, 0.25) is 5.91 Å². The van der Waals surface area contributed by atoms with Crippen molar-refractivity contribution in [3.05, 3.63) is 40.9 Å². The molecule has 0 bridgehead atoms. The molecule has 1 atom stereocenters. The summed E-state index contributed by atoms with van der Waals surface area (Å²) in [5, 5.41) is 10.9. The molecule has 0 saturated heterocycles. The Morgan fingerprint density at radius 1 is 1.43 bits per heavy atom. The van der Waals surface area contributed by atoms with Crippen molar-refractivity contribution in [1.29, 1.82) is 0 Å². The summed E-state index contributed by atoms with van der Waals surface area (Å²) in [5.74, 6) is -0.379. The molecule has 0 unspecified atom stereocenters. The third kappa shape index (κ3) is 2.73. The maximum absolute atomic E-state index is 12.2. The van der Waals surface area contributed by atoms with Crippen molar-refractivity contribution in [3.63, 3.8) is 0 Å². The van der Waals surface area contributed by atoms with Crippen LogP contribution in [0.25, 0.3) is 0 Å². The molecule has 1 aromatic heterocycles. The predicted octanol–water partition coefficient (Wildman–Crippen LogP) is 2.00. The Kier molecular flexibility index (Phi) is 3.57. The van der Waals surface area contributed by atoms with Crippen LogP contribution in [0.1, 0.15) is 28.5 Å². The molecular formula is C14H14N4O2S. The second-order valence-corrected chi connectivity index (χ2v) is 5.51. The van der Waals surface area contributed by atoms with Gasteiger partial charge in [-0.15, -0.1) is 11.3 Å². The van der Waals surface area contributed by atoms with Gasteiger partial charge >= 0.3 is 0 Å². The van der Waals surface area contributed by atoms with E-state index in [1.807, 2.05) is 24.3 Å². The highest BCUT2D eigenvalue weighted by molar-refractivity contribution is 7.13. The van der Waals surface area contributed by atoms with Gasteiger partial charge in [-0.3, -0.25) is 9.59 Å². The second kappa shape index (κ2) is 5.53. The van der Waals surface area contributed by atoms with Gasteiger partial charge in [-0.05, 0) is 11.6 Å². The summed E-state index contributed by atoms with van der Waals surface area (Å²) in [6.45, 7) is 0. The van der Waals surface area contributed by atoms with E-state index in [9.17, 15) is 9.59 Å². The molecular weight excluding hydrogens is 288 g/mol. The number of nitrogens with zero attached hydrogens (tertiary/aromatic N) is 1. The van der Waals surface area contributed by atoms with Crippen molar-refractivity contribution >= 4 is 34.0 Å². The van der Waals surface area contributed by atoms with Gasteiger partial charge in [0, 0.05) is 18.1 Å². The predicted molar refractivity (Wildman–Crippen MR) is 81.6 cm³/mol. The summed E-state index contributed by atoms with van der Waals surface area (Å²) in [4.78, 5) is 28.1. The number of para-hydroxylation sites is 1. The van der Waals surface area contributed by atoms with Crippen LogP contribution in [-0.2, 0) is 4.79 Å². The third-order valence-corrected chi connectivity index (χ3v) is 4.12. The van der Waals surface area contributed by atoms with Crippen LogP contribution < -0.4 is 16.0 Å². The van der Waals surface area contributed by atoms with Crippen molar-refractivity contribution < 1.29 is 9.59 Å². The summed E-state index contributed by atoms with van der Waals surface area (Å²) in [7, 11) is 1.75. The fourth-order valence-corrected chi connectivity index (χ4v) is 2.92. The summed E-state index contributed by atoms with van der Waals surface area (Å²) in [5.41, 5.74) is 2.01. The molecule has 0 saturated carbocycles. The molecule has 1 aromatic carbocycles. The highest BCUT2D eigenvalue weighted by Crippen LogP contribution is 2.30. The first-order valence-corrected chi connectivity index (χ1v) is 7.38. The minimum atomic E-state index is -0.331. The standard InChI is InChI=1S/C14H14N4O2S/c1-15-14-18-11(7-21-14)13(20)17-10-6-12(19)16-9-5-3-2-4-8(9)10/h2-5,7,10H,6H2,1H3,(H,15,18)(H,16,19)(H,17,20)/t10-/m0/s1. The first kappa shape index (κ1) is 13.6. The van der Waals surface area contributed by atoms with Crippen molar-refractivity contribution in [2.45, 2.75) is 12.5 Å². The van der Waals surface area contributed by atoms with Gasteiger partial charge < -0.3 is 16.0 Å².